The Morgan fingerprint density at radius 1 is 1.00 bits per heavy atom. The molecule has 0 fully saturated rings. The maximum Gasteiger partial charge on any atom is 0.0612 e. The van der Waals surface area contributed by atoms with Gasteiger partial charge in [-0.15, -0.1) is 0 Å². The molecular weight excluding hydrogens is 265 g/mol. The van der Waals surface area contributed by atoms with E-state index in [4.69, 9.17) is 23.2 Å². The molecule has 2 aromatic carbocycles. The van der Waals surface area contributed by atoms with E-state index in [-0.39, 0.29) is 0 Å². The van der Waals surface area contributed by atoms with Crippen LogP contribution in [0.4, 0.5) is 5.69 Å². The fourth-order valence-electron chi connectivity index (χ4n) is 1.81. The van der Waals surface area contributed by atoms with Gasteiger partial charge in [0.2, 0.25) is 0 Å². The van der Waals surface area contributed by atoms with Gasteiger partial charge in [-0.05, 0) is 48.7 Å². The Bertz CT molecular complexity index is 564. The Hall–Kier alpha value is -1.18. The van der Waals surface area contributed by atoms with E-state index in [1.165, 1.54) is 16.7 Å². The molecule has 1 nitrogen and oxygen atoms in total. The summed E-state index contributed by atoms with van der Waals surface area (Å²) in [4.78, 5) is 0. The van der Waals surface area contributed by atoms with Crippen molar-refractivity contribution in [3.8, 4) is 0 Å². The van der Waals surface area contributed by atoms with Crippen molar-refractivity contribution >= 4 is 28.9 Å². The largest absolute Gasteiger partial charge is 0.381 e. The standard InChI is InChI=1S/C15H15Cl2N/c1-10-4-3-5-12(11(10)2)9-18-13-6-7-14(16)15(17)8-13/h3-8,18H,9H2,1-2H3. The predicted molar refractivity (Wildman–Crippen MR) is 79.7 cm³/mol. The molecular formula is C15H15Cl2N. The molecule has 0 aliphatic carbocycles. The van der Waals surface area contributed by atoms with Crippen LogP contribution in [0.25, 0.3) is 0 Å². The van der Waals surface area contributed by atoms with Gasteiger partial charge in [0.1, 0.15) is 0 Å². The van der Waals surface area contributed by atoms with Gasteiger partial charge >= 0.3 is 0 Å². The lowest BCUT2D eigenvalue weighted by atomic mass is 10.0. The summed E-state index contributed by atoms with van der Waals surface area (Å²) in [5.74, 6) is 0. The zero-order valence-electron chi connectivity index (χ0n) is 10.4. The molecule has 0 aliphatic rings. The van der Waals surface area contributed by atoms with Crippen molar-refractivity contribution in [2.45, 2.75) is 20.4 Å². The summed E-state index contributed by atoms with van der Waals surface area (Å²) >= 11 is 11.9. The van der Waals surface area contributed by atoms with E-state index in [1.54, 1.807) is 6.07 Å². The minimum absolute atomic E-state index is 0.572. The van der Waals surface area contributed by atoms with E-state index >= 15 is 0 Å². The molecule has 2 rings (SSSR count). The summed E-state index contributed by atoms with van der Waals surface area (Å²) in [6.07, 6.45) is 0. The van der Waals surface area contributed by atoms with Gasteiger partial charge in [-0.1, -0.05) is 41.4 Å². The van der Waals surface area contributed by atoms with Gasteiger partial charge < -0.3 is 5.32 Å². The molecule has 0 spiro atoms. The number of aryl methyl sites for hydroxylation is 1. The minimum atomic E-state index is 0.572. The second kappa shape index (κ2) is 5.64. The van der Waals surface area contributed by atoms with Crippen LogP contribution in [-0.2, 0) is 6.54 Å². The van der Waals surface area contributed by atoms with Crippen molar-refractivity contribution in [1.82, 2.24) is 0 Å². The Labute approximate surface area is 118 Å². The summed E-state index contributed by atoms with van der Waals surface area (Å²) in [6, 6.07) is 11.9. The number of rotatable bonds is 3. The van der Waals surface area contributed by atoms with Crippen LogP contribution in [-0.4, -0.2) is 0 Å². The smallest absolute Gasteiger partial charge is 0.0612 e. The molecule has 0 radical (unpaired) electrons. The molecule has 2 aromatic rings. The van der Waals surface area contributed by atoms with E-state index in [0.29, 0.717) is 10.0 Å². The highest BCUT2D eigenvalue weighted by atomic mass is 35.5. The zero-order valence-corrected chi connectivity index (χ0v) is 11.9. The van der Waals surface area contributed by atoms with Crippen LogP contribution in [0.3, 0.4) is 0 Å². The van der Waals surface area contributed by atoms with Gasteiger partial charge in [0.25, 0.3) is 0 Å². The van der Waals surface area contributed by atoms with Crippen molar-refractivity contribution in [2.24, 2.45) is 0 Å². The van der Waals surface area contributed by atoms with Crippen LogP contribution in [0, 0.1) is 13.8 Å². The van der Waals surface area contributed by atoms with Crippen molar-refractivity contribution < 1.29 is 0 Å². The van der Waals surface area contributed by atoms with E-state index in [2.05, 4.69) is 37.4 Å². The Kier molecular flexibility index (Phi) is 4.15. The first kappa shape index (κ1) is 13.3. The maximum absolute atomic E-state index is 5.98. The molecule has 0 amide bonds. The second-order valence-electron chi connectivity index (χ2n) is 4.34. The molecule has 3 heteroatoms. The van der Waals surface area contributed by atoms with Gasteiger partial charge in [0.05, 0.1) is 10.0 Å². The molecule has 1 N–H and O–H groups in total. The summed E-state index contributed by atoms with van der Waals surface area (Å²) in [5, 5.41) is 4.50. The average molecular weight is 280 g/mol. The summed E-state index contributed by atoms with van der Waals surface area (Å²) < 4.78 is 0. The number of nitrogens with one attached hydrogen (secondary N) is 1. The van der Waals surface area contributed by atoms with Crippen LogP contribution in [0.2, 0.25) is 10.0 Å². The molecule has 0 atom stereocenters. The normalized spacial score (nSPS) is 10.4. The monoisotopic (exact) mass is 279 g/mol. The molecule has 0 unspecified atom stereocenters. The fourth-order valence-corrected chi connectivity index (χ4v) is 2.10. The van der Waals surface area contributed by atoms with Crippen LogP contribution in [0.1, 0.15) is 16.7 Å². The molecule has 0 saturated heterocycles. The highest BCUT2D eigenvalue weighted by Crippen LogP contribution is 2.25. The summed E-state index contributed by atoms with van der Waals surface area (Å²) in [5.41, 5.74) is 4.90. The summed E-state index contributed by atoms with van der Waals surface area (Å²) in [6.45, 7) is 5.05. The highest BCUT2D eigenvalue weighted by molar-refractivity contribution is 6.42. The van der Waals surface area contributed by atoms with Gasteiger partial charge in [0.15, 0.2) is 0 Å². The van der Waals surface area contributed by atoms with Crippen LogP contribution < -0.4 is 5.32 Å². The molecule has 0 bridgehead atoms. The molecule has 0 saturated carbocycles. The number of hydrogen-bond donors (Lipinski definition) is 1. The van der Waals surface area contributed by atoms with Crippen molar-refractivity contribution in [2.75, 3.05) is 5.32 Å². The molecule has 18 heavy (non-hydrogen) atoms. The zero-order chi connectivity index (χ0) is 13.1. The van der Waals surface area contributed by atoms with Crippen molar-refractivity contribution in [3.63, 3.8) is 0 Å². The maximum atomic E-state index is 5.98. The lowest BCUT2D eigenvalue weighted by Crippen LogP contribution is -2.02. The van der Waals surface area contributed by atoms with Crippen molar-refractivity contribution in [1.29, 1.82) is 0 Å². The lowest BCUT2D eigenvalue weighted by Gasteiger charge is -2.11. The Morgan fingerprint density at radius 2 is 1.78 bits per heavy atom. The average Bonchev–Trinajstić information content (AvgIpc) is 2.35. The van der Waals surface area contributed by atoms with Gasteiger partial charge in [-0.25, -0.2) is 0 Å². The first-order valence-corrected chi connectivity index (χ1v) is 6.57. The number of hydrogen-bond acceptors (Lipinski definition) is 1. The molecule has 0 aromatic heterocycles. The SMILES string of the molecule is Cc1cccc(CNc2ccc(Cl)c(Cl)c2)c1C. The quantitative estimate of drug-likeness (QED) is 0.812. The van der Waals surface area contributed by atoms with E-state index in [1.807, 2.05) is 12.1 Å². The molecule has 0 aliphatic heterocycles. The Morgan fingerprint density at radius 3 is 2.50 bits per heavy atom. The fraction of sp³-hybridized carbons (Fsp3) is 0.200. The van der Waals surface area contributed by atoms with E-state index in [9.17, 15) is 0 Å². The topological polar surface area (TPSA) is 12.0 Å². The van der Waals surface area contributed by atoms with Crippen LogP contribution in [0.5, 0.6) is 0 Å². The first-order chi connectivity index (χ1) is 8.58. The molecule has 0 heterocycles. The third-order valence-corrected chi connectivity index (χ3v) is 3.86. The summed E-state index contributed by atoms with van der Waals surface area (Å²) in [7, 11) is 0. The first-order valence-electron chi connectivity index (χ1n) is 5.82. The van der Waals surface area contributed by atoms with Crippen molar-refractivity contribution in [3.05, 3.63) is 63.1 Å². The molecule has 94 valence electrons. The highest BCUT2D eigenvalue weighted by Gasteiger charge is 2.02. The van der Waals surface area contributed by atoms with Gasteiger partial charge in [-0.3, -0.25) is 0 Å². The van der Waals surface area contributed by atoms with E-state index in [0.717, 1.165) is 12.2 Å². The minimum Gasteiger partial charge on any atom is -0.381 e. The number of halogens is 2. The van der Waals surface area contributed by atoms with E-state index < -0.39 is 0 Å². The third kappa shape index (κ3) is 2.98. The number of benzene rings is 2. The van der Waals surface area contributed by atoms with Crippen LogP contribution >= 0.6 is 23.2 Å². The second-order valence-corrected chi connectivity index (χ2v) is 5.16. The van der Waals surface area contributed by atoms with Gasteiger partial charge in [-0.2, -0.15) is 0 Å². The third-order valence-electron chi connectivity index (χ3n) is 3.12. The predicted octanol–water partition coefficient (Wildman–Crippen LogP) is 5.22. The van der Waals surface area contributed by atoms with Crippen LogP contribution in [0.15, 0.2) is 36.4 Å². The number of anilines is 1. The lowest BCUT2D eigenvalue weighted by molar-refractivity contribution is 1.10. The van der Waals surface area contributed by atoms with Gasteiger partial charge in [0, 0.05) is 12.2 Å². The Balaban J connectivity index is 2.11.